The van der Waals surface area contributed by atoms with Crippen LogP contribution >= 0.6 is 0 Å². The topological polar surface area (TPSA) is 55.0 Å². The summed E-state index contributed by atoms with van der Waals surface area (Å²) in [6, 6.07) is 9.04. The van der Waals surface area contributed by atoms with E-state index in [1.165, 1.54) is 29.7 Å². The first-order chi connectivity index (χ1) is 12.2. The van der Waals surface area contributed by atoms with Gasteiger partial charge in [-0.2, -0.15) is 0 Å². The van der Waals surface area contributed by atoms with Crippen LogP contribution in [0, 0.1) is 13.8 Å². The second-order valence-electron chi connectivity index (χ2n) is 7.20. The lowest BCUT2D eigenvalue weighted by Crippen LogP contribution is -2.33. The van der Waals surface area contributed by atoms with Crippen LogP contribution in [0.5, 0.6) is 0 Å². The van der Waals surface area contributed by atoms with E-state index in [0.29, 0.717) is 6.04 Å². The first kappa shape index (κ1) is 18.0. The van der Waals surface area contributed by atoms with Crippen LogP contribution < -0.4 is 5.73 Å². The average Bonchev–Trinajstić information content (AvgIpc) is 2.60. The summed E-state index contributed by atoms with van der Waals surface area (Å²) in [5.74, 6) is 0. The van der Waals surface area contributed by atoms with E-state index in [1.54, 1.807) is 0 Å². The van der Waals surface area contributed by atoms with E-state index in [9.17, 15) is 0 Å². The fourth-order valence-corrected chi connectivity index (χ4v) is 3.96. The normalized spacial score (nSPS) is 16.9. The Labute approximate surface area is 151 Å². The Hall–Kier alpha value is -1.78. The van der Waals surface area contributed by atoms with Crippen molar-refractivity contribution >= 4 is 0 Å². The van der Waals surface area contributed by atoms with Crippen LogP contribution in [0.3, 0.4) is 0 Å². The van der Waals surface area contributed by atoms with Gasteiger partial charge >= 0.3 is 0 Å². The van der Waals surface area contributed by atoms with Crippen LogP contribution in [-0.4, -0.2) is 28.0 Å². The maximum absolute atomic E-state index is 5.72. The predicted octanol–water partition coefficient (Wildman–Crippen LogP) is 3.71. The summed E-state index contributed by atoms with van der Waals surface area (Å²) in [6.07, 6.45) is 7.69. The van der Waals surface area contributed by atoms with Crippen LogP contribution in [0.1, 0.15) is 59.9 Å². The van der Waals surface area contributed by atoms with Crippen molar-refractivity contribution in [3.8, 4) is 0 Å². The zero-order chi connectivity index (χ0) is 17.6. The van der Waals surface area contributed by atoms with Gasteiger partial charge in [0.2, 0.25) is 0 Å². The van der Waals surface area contributed by atoms with E-state index >= 15 is 0 Å². The van der Waals surface area contributed by atoms with E-state index in [1.807, 2.05) is 6.20 Å². The molecule has 0 saturated heterocycles. The first-order valence-corrected chi connectivity index (χ1v) is 9.49. The molecule has 0 amide bonds. The molecule has 0 aromatic carbocycles. The van der Waals surface area contributed by atoms with Gasteiger partial charge in [-0.3, -0.25) is 14.9 Å². The number of aromatic nitrogens is 2. The maximum atomic E-state index is 5.72. The zero-order valence-corrected chi connectivity index (χ0v) is 15.5. The van der Waals surface area contributed by atoms with Gasteiger partial charge in [0.05, 0.1) is 17.4 Å². The van der Waals surface area contributed by atoms with Gasteiger partial charge in [-0.25, -0.2) is 0 Å². The number of fused-ring (bicyclic) bond motifs is 1. The van der Waals surface area contributed by atoms with Crippen molar-refractivity contribution in [1.29, 1.82) is 0 Å². The SMILES string of the molecule is Cc1cc(C)nc(CN(CCCCN)C2CCCc3cccnc32)c1. The number of hydrogen-bond donors (Lipinski definition) is 1. The summed E-state index contributed by atoms with van der Waals surface area (Å²) in [4.78, 5) is 12.1. The summed E-state index contributed by atoms with van der Waals surface area (Å²) in [5.41, 5.74) is 11.9. The minimum absolute atomic E-state index is 0.394. The number of unbranched alkanes of at least 4 members (excludes halogenated alkanes) is 1. The van der Waals surface area contributed by atoms with Gasteiger partial charge in [-0.05, 0) is 88.4 Å². The van der Waals surface area contributed by atoms with Crippen molar-refractivity contribution in [1.82, 2.24) is 14.9 Å². The molecule has 0 radical (unpaired) electrons. The van der Waals surface area contributed by atoms with Gasteiger partial charge in [-0.1, -0.05) is 6.07 Å². The zero-order valence-electron chi connectivity index (χ0n) is 15.5. The minimum Gasteiger partial charge on any atom is -0.330 e. The predicted molar refractivity (Wildman–Crippen MR) is 102 cm³/mol. The Balaban J connectivity index is 1.84. The molecule has 134 valence electrons. The smallest absolute Gasteiger partial charge is 0.0607 e. The molecule has 0 saturated carbocycles. The third kappa shape index (κ3) is 4.65. The highest BCUT2D eigenvalue weighted by Crippen LogP contribution is 2.33. The summed E-state index contributed by atoms with van der Waals surface area (Å²) in [5, 5.41) is 0. The lowest BCUT2D eigenvalue weighted by molar-refractivity contribution is 0.161. The standard InChI is InChI=1S/C21H30N4/c1-16-13-17(2)24-19(14-16)15-25(12-4-3-10-22)20-9-5-7-18-8-6-11-23-21(18)20/h6,8,11,13-14,20H,3-5,7,9-10,12,15,22H2,1-2H3. The molecule has 2 heterocycles. The van der Waals surface area contributed by atoms with Crippen molar-refractivity contribution in [2.75, 3.05) is 13.1 Å². The Morgan fingerprint density at radius 1 is 1.24 bits per heavy atom. The van der Waals surface area contributed by atoms with Crippen molar-refractivity contribution in [3.05, 3.63) is 58.7 Å². The molecule has 1 aliphatic rings. The molecule has 1 aliphatic carbocycles. The third-order valence-electron chi connectivity index (χ3n) is 5.02. The molecule has 2 aromatic rings. The largest absolute Gasteiger partial charge is 0.330 e. The Morgan fingerprint density at radius 2 is 2.12 bits per heavy atom. The van der Waals surface area contributed by atoms with Crippen molar-refractivity contribution in [2.24, 2.45) is 5.73 Å². The van der Waals surface area contributed by atoms with Crippen LogP contribution in [0.4, 0.5) is 0 Å². The highest BCUT2D eigenvalue weighted by atomic mass is 15.2. The van der Waals surface area contributed by atoms with Crippen LogP contribution in [-0.2, 0) is 13.0 Å². The van der Waals surface area contributed by atoms with E-state index < -0.39 is 0 Å². The summed E-state index contributed by atoms with van der Waals surface area (Å²) in [6.45, 7) is 6.91. The van der Waals surface area contributed by atoms with Gasteiger partial charge in [0, 0.05) is 18.4 Å². The van der Waals surface area contributed by atoms with E-state index in [4.69, 9.17) is 15.7 Å². The number of aryl methyl sites for hydroxylation is 3. The maximum Gasteiger partial charge on any atom is 0.0607 e. The fraction of sp³-hybridized carbons (Fsp3) is 0.524. The second-order valence-corrected chi connectivity index (χ2v) is 7.20. The monoisotopic (exact) mass is 338 g/mol. The molecule has 0 bridgehead atoms. The molecule has 4 heteroatoms. The van der Waals surface area contributed by atoms with Crippen molar-refractivity contribution in [3.63, 3.8) is 0 Å². The van der Waals surface area contributed by atoms with E-state index in [2.05, 4.69) is 43.0 Å². The molecule has 4 nitrogen and oxygen atoms in total. The van der Waals surface area contributed by atoms with E-state index in [-0.39, 0.29) is 0 Å². The number of nitrogens with zero attached hydrogens (tertiary/aromatic N) is 3. The Bertz CT molecular complexity index is 678. The molecule has 0 spiro atoms. The number of hydrogen-bond acceptors (Lipinski definition) is 4. The lowest BCUT2D eigenvalue weighted by Gasteiger charge is -2.35. The molecular formula is C21H30N4. The van der Waals surface area contributed by atoms with Crippen LogP contribution in [0.2, 0.25) is 0 Å². The first-order valence-electron chi connectivity index (χ1n) is 9.49. The molecule has 2 N–H and O–H groups in total. The molecule has 1 atom stereocenters. The quantitative estimate of drug-likeness (QED) is 0.782. The van der Waals surface area contributed by atoms with Gasteiger partial charge in [0.15, 0.2) is 0 Å². The van der Waals surface area contributed by atoms with Gasteiger partial charge in [-0.15, -0.1) is 0 Å². The van der Waals surface area contributed by atoms with Crippen LogP contribution in [0.25, 0.3) is 0 Å². The van der Waals surface area contributed by atoms with Gasteiger partial charge < -0.3 is 5.73 Å². The third-order valence-corrected chi connectivity index (χ3v) is 5.02. The molecule has 0 aliphatic heterocycles. The van der Waals surface area contributed by atoms with Crippen molar-refractivity contribution < 1.29 is 0 Å². The highest BCUT2D eigenvalue weighted by Gasteiger charge is 2.27. The molecular weight excluding hydrogens is 308 g/mol. The van der Waals surface area contributed by atoms with Crippen molar-refractivity contribution in [2.45, 2.75) is 58.5 Å². The molecule has 0 fully saturated rings. The molecule has 3 rings (SSSR count). The average molecular weight is 338 g/mol. The summed E-state index contributed by atoms with van der Waals surface area (Å²) in [7, 11) is 0. The second kappa shape index (κ2) is 8.54. The summed E-state index contributed by atoms with van der Waals surface area (Å²) < 4.78 is 0. The fourth-order valence-electron chi connectivity index (χ4n) is 3.96. The van der Waals surface area contributed by atoms with E-state index in [0.717, 1.165) is 50.3 Å². The summed E-state index contributed by atoms with van der Waals surface area (Å²) >= 11 is 0. The Morgan fingerprint density at radius 3 is 2.92 bits per heavy atom. The molecule has 1 unspecified atom stereocenters. The number of nitrogens with two attached hydrogens (primary N) is 1. The van der Waals surface area contributed by atoms with Crippen LogP contribution in [0.15, 0.2) is 30.5 Å². The minimum atomic E-state index is 0.394. The lowest BCUT2D eigenvalue weighted by atomic mass is 9.90. The Kier molecular flexibility index (Phi) is 6.16. The van der Waals surface area contributed by atoms with Gasteiger partial charge in [0.1, 0.15) is 0 Å². The molecule has 2 aromatic heterocycles. The molecule has 25 heavy (non-hydrogen) atoms. The number of pyridine rings is 2. The van der Waals surface area contributed by atoms with Gasteiger partial charge in [0.25, 0.3) is 0 Å². The highest BCUT2D eigenvalue weighted by molar-refractivity contribution is 5.26. The number of rotatable bonds is 7.